The first-order valence-electron chi connectivity index (χ1n) is 7.02. The van der Waals surface area contributed by atoms with Gasteiger partial charge in [0.05, 0.1) is 12.2 Å². The lowest BCUT2D eigenvalue weighted by molar-refractivity contribution is -0.562. The van der Waals surface area contributed by atoms with Crippen molar-refractivity contribution >= 4 is 23.3 Å². The summed E-state index contributed by atoms with van der Waals surface area (Å²) >= 11 is 1.77. The molecule has 2 aliphatic rings. The summed E-state index contributed by atoms with van der Waals surface area (Å²) in [6.45, 7) is 3.71. The molecule has 0 radical (unpaired) electrons. The number of carbonyl (C=O) groups is 1. The lowest BCUT2D eigenvalue weighted by Gasteiger charge is -2.38. The Morgan fingerprint density at radius 3 is 3.00 bits per heavy atom. The molecule has 2 aliphatic heterocycles. The number of thiophene rings is 1. The molecule has 0 bridgehead atoms. The molecule has 1 spiro atoms. The summed E-state index contributed by atoms with van der Waals surface area (Å²) in [5.74, 6) is 0.775. The van der Waals surface area contributed by atoms with Crippen molar-refractivity contribution < 1.29 is 14.5 Å². The minimum absolute atomic E-state index is 0.00489. The molecule has 5 nitrogen and oxygen atoms in total. The quantitative estimate of drug-likeness (QED) is 0.771. The molecule has 0 atom stereocenters. The third kappa shape index (κ3) is 2.28. The molecule has 1 saturated heterocycles. The van der Waals surface area contributed by atoms with Crippen LogP contribution in [-0.2, 0) is 11.2 Å². The summed E-state index contributed by atoms with van der Waals surface area (Å²) in [5, 5.41) is 2.09. The number of nitrogens with two attached hydrogens (primary N) is 1. The van der Waals surface area contributed by atoms with Crippen LogP contribution >= 0.6 is 11.3 Å². The van der Waals surface area contributed by atoms with E-state index in [1.165, 1.54) is 4.88 Å². The highest BCUT2D eigenvalue weighted by Gasteiger charge is 2.42. The second-order valence-corrected chi connectivity index (χ2v) is 6.44. The Morgan fingerprint density at radius 2 is 2.30 bits per heavy atom. The van der Waals surface area contributed by atoms with Crippen LogP contribution in [0.2, 0.25) is 0 Å². The molecule has 3 rings (SSSR count). The number of carbonyl (C=O) groups excluding carboxylic acids is 1. The molecule has 1 fully saturated rings. The van der Waals surface area contributed by atoms with E-state index >= 15 is 0 Å². The molecule has 0 saturated carbocycles. The van der Waals surface area contributed by atoms with Crippen LogP contribution in [0.15, 0.2) is 11.4 Å². The number of piperidine rings is 1. The van der Waals surface area contributed by atoms with Gasteiger partial charge in [-0.2, -0.15) is 0 Å². The number of likely N-dealkylation sites (tertiary alicyclic amines) is 1. The molecule has 1 aromatic rings. The van der Waals surface area contributed by atoms with Crippen LogP contribution in [0.3, 0.4) is 0 Å². The van der Waals surface area contributed by atoms with Crippen molar-refractivity contribution in [1.29, 1.82) is 0 Å². The molecule has 0 unspecified atom stereocenters. The van der Waals surface area contributed by atoms with Crippen molar-refractivity contribution in [3.8, 4) is 0 Å². The molecule has 6 heteroatoms. The number of ether oxygens (including phenoxy) is 1. The third-order valence-electron chi connectivity index (χ3n) is 4.18. The fourth-order valence-electron chi connectivity index (χ4n) is 3.06. The molecule has 0 aromatic carbocycles. The van der Waals surface area contributed by atoms with Crippen LogP contribution in [0.25, 0.3) is 0 Å². The van der Waals surface area contributed by atoms with E-state index in [2.05, 4.69) is 16.4 Å². The van der Waals surface area contributed by atoms with Gasteiger partial charge in [-0.1, -0.05) is 0 Å². The maximum Gasteiger partial charge on any atom is 0.409 e. The maximum atomic E-state index is 11.7. The molecular weight excluding hydrogens is 274 g/mol. The fourth-order valence-corrected chi connectivity index (χ4v) is 4.09. The normalized spacial score (nSPS) is 20.4. The zero-order chi connectivity index (χ0) is 14.2. The first-order chi connectivity index (χ1) is 9.63. The third-order valence-corrected chi connectivity index (χ3v) is 5.10. The van der Waals surface area contributed by atoms with Gasteiger partial charge in [-0.05, 0) is 18.4 Å². The first kappa shape index (κ1) is 13.4. The van der Waals surface area contributed by atoms with Gasteiger partial charge in [0.15, 0.2) is 0 Å². The van der Waals surface area contributed by atoms with Gasteiger partial charge in [0.1, 0.15) is 5.54 Å². The summed E-state index contributed by atoms with van der Waals surface area (Å²) in [7, 11) is 0. The number of hydrogen-bond acceptors (Lipinski definition) is 4. The van der Waals surface area contributed by atoms with E-state index in [4.69, 9.17) is 10.5 Å². The smallest absolute Gasteiger partial charge is 0.409 e. The van der Waals surface area contributed by atoms with Crippen LogP contribution < -0.4 is 10.7 Å². The van der Waals surface area contributed by atoms with Gasteiger partial charge in [0.25, 0.3) is 5.84 Å². The van der Waals surface area contributed by atoms with E-state index in [1.54, 1.807) is 16.2 Å². The topological polar surface area (TPSA) is 69.5 Å². The Bertz CT molecular complexity index is 544. The van der Waals surface area contributed by atoms with Gasteiger partial charge in [-0.15, -0.1) is 11.3 Å². The zero-order valence-electron chi connectivity index (χ0n) is 11.6. The minimum Gasteiger partial charge on any atom is -0.450 e. The largest absolute Gasteiger partial charge is 0.450 e. The van der Waals surface area contributed by atoms with Gasteiger partial charge in [0.2, 0.25) is 0 Å². The predicted octanol–water partition coefficient (Wildman–Crippen LogP) is 0.0812. The number of amides is 1. The monoisotopic (exact) mass is 294 g/mol. The molecule has 0 aliphatic carbocycles. The van der Waals surface area contributed by atoms with Crippen LogP contribution in [0, 0.1) is 0 Å². The van der Waals surface area contributed by atoms with E-state index in [0.717, 1.165) is 43.8 Å². The summed E-state index contributed by atoms with van der Waals surface area (Å²) in [5.41, 5.74) is 7.30. The van der Waals surface area contributed by atoms with Crippen LogP contribution in [0.4, 0.5) is 4.79 Å². The molecule has 20 heavy (non-hydrogen) atoms. The van der Waals surface area contributed by atoms with Crippen molar-refractivity contribution in [3.05, 3.63) is 21.9 Å². The number of nitrogen functional groups attached to an aromatic ring is 1. The van der Waals surface area contributed by atoms with Crippen molar-refractivity contribution in [2.75, 3.05) is 19.7 Å². The van der Waals surface area contributed by atoms with Crippen LogP contribution in [-0.4, -0.2) is 42.1 Å². The van der Waals surface area contributed by atoms with Crippen molar-refractivity contribution in [3.63, 3.8) is 0 Å². The zero-order valence-corrected chi connectivity index (χ0v) is 12.5. The summed E-state index contributed by atoms with van der Waals surface area (Å²) in [4.78, 5) is 18.4. The van der Waals surface area contributed by atoms with E-state index in [-0.39, 0.29) is 11.6 Å². The lowest BCUT2D eigenvalue weighted by Crippen LogP contribution is -2.92. The molecular formula is C14H20N3O2S+. The standard InChI is InChI=1S/C14H19N3O2S/c1-2-19-13(18)17-6-4-14(5-7-17)9-11-10(3-8-20-11)12(15)16-14/h3,8H,2,4-7,9H2,1H3,(H2,15,16)/p+1. The van der Waals surface area contributed by atoms with Crippen LogP contribution in [0.1, 0.15) is 30.2 Å². The molecule has 1 aromatic heterocycles. The number of nitrogens with one attached hydrogen (secondary N) is 1. The summed E-state index contributed by atoms with van der Waals surface area (Å²) < 4.78 is 5.06. The molecule has 3 N–H and O–H groups in total. The number of fused-ring (bicyclic) bond motifs is 1. The van der Waals surface area contributed by atoms with Gasteiger partial charge in [-0.3, -0.25) is 10.7 Å². The maximum absolute atomic E-state index is 11.7. The molecule has 108 valence electrons. The van der Waals surface area contributed by atoms with Gasteiger partial charge >= 0.3 is 6.09 Å². The Balaban J connectivity index is 1.72. The van der Waals surface area contributed by atoms with Crippen molar-refractivity contribution in [2.45, 2.75) is 31.7 Å². The van der Waals surface area contributed by atoms with Gasteiger partial charge in [0, 0.05) is 37.2 Å². The number of nitrogens with zero attached hydrogens (tertiary/aromatic N) is 1. The van der Waals surface area contributed by atoms with E-state index < -0.39 is 0 Å². The molecule has 3 heterocycles. The second-order valence-electron chi connectivity index (χ2n) is 5.44. The Morgan fingerprint density at radius 1 is 1.55 bits per heavy atom. The Kier molecular flexibility index (Phi) is 3.41. The van der Waals surface area contributed by atoms with Crippen molar-refractivity contribution in [2.24, 2.45) is 5.73 Å². The van der Waals surface area contributed by atoms with Crippen molar-refractivity contribution in [1.82, 2.24) is 4.90 Å². The average molecular weight is 294 g/mol. The first-order valence-corrected chi connectivity index (χ1v) is 7.90. The van der Waals surface area contributed by atoms with Gasteiger partial charge < -0.3 is 9.64 Å². The summed E-state index contributed by atoms with van der Waals surface area (Å²) in [6, 6.07) is 2.07. The van der Waals surface area contributed by atoms with Crippen LogP contribution in [0.5, 0.6) is 0 Å². The average Bonchev–Trinajstić information content (AvgIpc) is 2.88. The number of rotatable bonds is 1. The Hall–Kier alpha value is -1.56. The van der Waals surface area contributed by atoms with Gasteiger partial charge in [-0.25, -0.2) is 4.79 Å². The fraction of sp³-hybridized carbons (Fsp3) is 0.571. The van der Waals surface area contributed by atoms with E-state index in [0.29, 0.717) is 6.61 Å². The second kappa shape index (κ2) is 5.09. The summed E-state index contributed by atoms with van der Waals surface area (Å²) in [6.07, 6.45) is 2.61. The lowest BCUT2D eigenvalue weighted by atomic mass is 9.82. The van der Waals surface area contributed by atoms with E-state index in [9.17, 15) is 4.79 Å². The number of hydrogen-bond donors (Lipinski definition) is 2. The van der Waals surface area contributed by atoms with E-state index in [1.807, 2.05) is 6.92 Å². The Labute approximate surface area is 122 Å². The molecule has 1 amide bonds. The minimum atomic E-state index is -0.202. The number of amidine groups is 1. The predicted molar refractivity (Wildman–Crippen MR) is 77.8 cm³/mol. The highest BCUT2D eigenvalue weighted by atomic mass is 32.1. The highest BCUT2D eigenvalue weighted by molar-refractivity contribution is 7.10. The highest BCUT2D eigenvalue weighted by Crippen LogP contribution is 2.29. The SMILES string of the molecule is CCOC(=O)N1CCC2(CC1)Cc1sccc1C(N)=[NH+]2.